The Hall–Kier alpha value is -1.02. The molecular weight excluding hydrogens is 210 g/mol. The lowest BCUT2D eigenvalue weighted by Gasteiger charge is -2.01. The molecule has 0 fully saturated rings. The van der Waals surface area contributed by atoms with Crippen LogP contribution in [0.2, 0.25) is 5.02 Å². The number of carbonyl (C=O) groups excluding carboxylic acids is 1. The molecule has 0 bridgehead atoms. The van der Waals surface area contributed by atoms with Crippen LogP contribution in [0.3, 0.4) is 0 Å². The largest absolute Gasteiger partial charge is 0.327 e. The first-order valence-electron chi connectivity index (χ1n) is 5.20. The van der Waals surface area contributed by atoms with E-state index in [4.69, 9.17) is 11.6 Å². The van der Waals surface area contributed by atoms with Crippen LogP contribution in [0, 0.1) is 6.92 Å². The second-order valence-electron chi connectivity index (χ2n) is 2.25. The SMILES string of the molecule is CC.CC.Cc1ccc(NC=O)c(Cl)c1. The van der Waals surface area contributed by atoms with Crippen molar-refractivity contribution >= 4 is 23.7 Å². The third-order valence-electron chi connectivity index (χ3n) is 1.34. The molecule has 1 rings (SSSR count). The topological polar surface area (TPSA) is 29.1 Å². The Balaban J connectivity index is 0. The molecule has 0 radical (unpaired) electrons. The van der Waals surface area contributed by atoms with E-state index in [1.165, 1.54) is 0 Å². The lowest BCUT2D eigenvalue weighted by atomic mass is 10.2. The van der Waals surface area contributed by atoms with E-state index in [9.17, 15) is 4.79 Å². The number of carbonyl (C=O) groups is 1. The van der Waals surface area contributed by atoms with Crippen LogP contribution in [0.1, 0.15) is 33.3 Å². The van der Waals surface area contributed by atoms with Crippen molar-refractivity contribution in [2.45, 2.75) is 34.6 Å². The molecule has 0 spiro atoms. The van der Waals surface area contributed by atoms with E-state index in [0.717, 1.165) is 5.56 Å². The third kappa shape index (κ3) is 6.97. The van der Waals surface area contributed by atoms with Gasteiger partial charge in [-0.1, -0.05) is 45.4 Å². The molecule has 0 aliphatic carbocycles. The van der Waals surface area contributed by atoms with E-state index in [1.54, 1.807) is 12.1 Å². The first-order valence-corrected chi connectivity index (χ1v) is 5.58. The summed E-state index contributed by atoms with van der Waals surface area (Å²) in [4.78, 5) is 10.0. The minimum absolute atomic E-state index is 0.567. The van der Waals surface area contributed by atoms with Crippen molar-refractivity contribution in [3.63, 3.8) is 0 Å². The normalized spacial score (nSPS) is 7.60. The average molecular weight is 230 g/mol. The summed E-state index contributed by atoms with van der Waals surface area (Å²) < 4.78 is 0. The number of nitrogens with one attached hydrogen (secondary N) is 1. The fourth-order valence-electron chi connectivity index (χ4n) is 0.801. The minimum Gasteiger partial charge on any atom is -0.327 e. The van der Waals surface area contributed by atoms with Crippen LogP contribution in [-0.2, 0) is 4.79 Å². The van der Waals surface area contributed by atoms with Crippen LogP contribution in [0.15, 0.2) is 18.2 Å². The summed E-state index contributed by atoms with van der Waals surface area (Å²) >= 11 is 5.79. The molecule has 0 aliphatic rings. The summed E-state index contributed by atoms with van der Waals surface area (Å²) in [7, 11) is 0. The van der Waals surface area contributed by atoms with Crippen molar-refractivity contribution in [1.29, 1.82) is 0 Å². The molecule has 1 N–H and O–H groups in total. The van der Waals surface area contributed by atoms with Gasteiger partial charge in [0.2, 0.25) is 6.41 Å². The molecule has 0 aliphatic heterocycles. The highest BCUT2D eigenvalue weighted by Crippen LogP contribution is 2.21. The zero-order chi connectivity index (χ0) is 12.3. The summed E-state index contributed by atoms with van der Waals surface area (Å²) in [6.45, 7) is 9.94. The summed E-state index contributed by atoms with van der Waals surface area (Å²) in [5, 5.41) is 3.06. The number of aryl methyl sites for hydroxylation is 1. The fraction of sp³-hybridized carbons (Fsp3) is 0.417. The van der Waals surface area contributed by atoms with Gasteiger partial charge in [0.15, 0.2) is 0 Å². The van der Waals surface area contributed by atoms with Crippen LogP contribution in [0.25, 0.3) is 0 Å². The molecule has 0 saturated heterocycles. The number of hydrogen-bond acceptors (Lipinski definition) is 1. The number of hydrogen-bond donors (Lipinski definition) is 1. The zero-order valence-electron chi connectivity index (χ0n) is 10.1. The number of anilines is 1. The third-order valence-corrected chi connectivity index (χ3v) is 1.65. The summed E-state index contributed by atoms with van der Waals surface area (Å²) in [5.41, 5.74) is 1.72. The smallest absolute Gasteiger partial charge is 0.211 e. The van der Waals surface area contributed by atoms with E-state index in [2.05, 4.69) is 5.32 Å². The molecular formula is C12H20ClNO. The number of rotatable bonds is 2. The lowest BCUT2D eigenvalue weighted by molar-refractivity contribution is -0.105. The predicted molar refractivity (Wildman–Crippen MR) is 68.6 cm³/mol. The van der Waals surface area contributed by atoms with Crippen molar-refractivity contribution in [2.75, 3.05) is 5.32 Å². The van der Waals surface area contributed by atoms with E-state index in [0.29, 0.717) is 17.1 Å². The highest BCUT2D eigenvalue weighted by molar-refractivity contribution is 6.33. The molecule has 1 aromatic carbocycles. The van der Waals surface area contributed by atoms with Gasteiger partial charge < -0.3 is 5.32 Å². The van der Waals surface area contributed by atoms with Crippen molar-refractivity contribution in [3.8, 4) is 0 Å². The predicted octanol–water partition coefficient (Wildman–Crippen LogP) is 4.27. The average Bonchev–Trinajstić information content (AvgIpc) is 2.28. The quantitative estimate of drug-likeness (QED) is 0.754. The molecule has 0 heterocycles. The lowest BCUT2D eigenvalue weighted by Crippen LogP contribution is -1.94. The van der Waals surface area contributed by atoms with Crippen molar-refractivity contribution in [1.82, 2.24) is 0 Å². The Labute approximate surface area is 97.6 Å². The Morgan fingerprint density at radius 1 is 1.20 bits per heavy atom. The van der Waals surface area contributed by atoms with Crippen molar-refractivity contribution in [3.05, 3.63) is 28.8 Å². The van der Waals surface area contributed by atoms with Crippen LogP contribution in [0.4, 0.5) is 5.69 Å². The Morgan fingerprint density at radius 2 is 1.73 bits per heavy atom. The molecule has 86 valence electrons. The van der Waals surface area contributed by atoms with Gasteiger partial charge in [0, 0.05) is 0 Å². The van der Waals surface area contributed by atoms with Gasteiger partial charge in [-0.15, -0.1) is 0 Å². The Bertz CT molecular complexity index is 274. The molecule has 3 heteroatoms. The second kappa shape index (κ2) is 11.1. The molecule has 0 atom stereocenters. The van der Waals surface area contributed by atoms with Crippen molar-refractivity contribution in [2.24, 2.45) is 0 Å². The number of halogens is 1. The molecule has 1 aromatic rings. The summed E-state index contributed by atoms with van der Waals surface area (Å²) in [6, 6.07) is 5.46. The van der Waals surface area contributed by atoms with Crippen LogP contribution in [0.5, 0.6) is 0 Å². The van der Waals surface area contributed by atoms with Gasteiger partial charge in [-0.05, 0) is 24.6 Å². The maximum absolute atomic E-state index is 10.0. The summed E-state index contributed by atoms with van der Waals surface area (Å²) in [6.07, 6.45) is 0.608. The second-order valence-corrected chi connectivity index (χ2v) is 2.65. The molecule has 1 amide bonds. The Kier molecular flexibility index (Phi) is 12.1. The standard InChI is InChI=1S/C8H8ClNO.2C2H6/c1-6-2-3-8(10-5-11)7(9)4-6;2*1-2/h2-5H,1H3,(H,10,11);2*1-2H3. The molecule has 0 unspecified atom stereocenters. The maximum atomic E-state index is 10.0. The number of benzene rings is 1. The van der Waals surface area contributed by atoms with Gasteiger partial charge in [-0.3, -0.25) is 4.79 Å². The van der Waals surface area contributed by atoms with Gasteiger partial charge >= 0.3 is 0 Å². The van der Waals surface area contributed by atoms with Crippen LogP contribution in [-0.4, -0.2) is 6.41 Å². The van der Waals surface area contributed by atoms with E-state index in [1.807, 2.05) is 40.7 Å². The van der Waals surface area contributed by atoms with Gasteiger partial charge in [-0.2, -0.15) is 0 Å². The van der Waals surface area contributed by atoms with Crippen LogP contribution < -0.4 is 5.32 Å². The monoisotopic (exact) mass is 229 g/mol. The first kappa shape index (κ1) is 16.4. The van der Waals surface area contributed by atoms with Crippen LogP contribution >= 0.6 is 11.6 Å². The fourth-order valence-corrected chi connectivity index (χ4v) is 1.09. The van der Waals surface area contributed by atoms with E-state index >= 15 is 0 Å². The Morgan fingerprint density at radius 3 is 2.13 bits per heavy atom. The van der Waals surface area contributed by atoms with E-state index in [-0.39, 0.29) is 0 Å². The highest BCUT2D eigenvalue weighted by Gasteiger charge is 1.96. The maximum Gasteiger partial charge on any atom is 0.211 e. The summed E-state index contributed by atoms with van der Waals surface area (Å²) in [5.74, 6) is 0. The first-order chi connectivity index (χ1) is 7.24. The molecule has 0 aromatic heterocycles. The number of amides is 1. The molecule has 15 heavy (non-hydrogen) atoms. The highest BCUT2D eigenvalue weighted by atomic mass is 35.5. The zero-order valence-corrected chi connectivity index (χ0v) is 10.9. The van der Waals surface area contributed by atoms with Gasteiger partial charge in [0.1, 0.15) is 0 Å². The van der Waals surface area contributed by atoms with Gasteiger partial charge in [-0.25, -0.2) is 0 Å². The molecule has 2 nitrogen and oxygen atoms in total. The van der Waals surface area contributed by atoms with Gasteiger partial charge in [0.05, 0.1) is 10.7 Å². The molecule has 0 saturated carbocycles. The minimum atomic E-state index is 0.567. The van der Waals surface area contributed by atoms with Crippen molar-refractivity contribution < 1.29 is 4.79 Å². The van der Waals surface area contributed by atoms with Gasteiger partial charge in [0.25, 0.3) is 0 Å². The van der Waals surface area contributed by atoms with E-state index < -0.39 is 0 Å².